The van der Waals surface area contributed by atoms with E-state index in [1.807, 2.05) is 28.9 Å². The zero-order valence-corrected chi connectivity index (χ0v) is 12.5. The molecule has 0 fully saturated rings. The standard InChI is InChI=1S/C15H20ClN3/c1-4-17-10-9-13-11(2)18-19(12(13)3)15-8-6-5-7-14(15)16/h5-8,17H,4,9-10H2,1-3H3. The van der Waals surface area contributed by atoms with E-state index < -0.39 is 0 Å². The van der Waals surface area contributed by atoms with Gasteiger partial charge >= 0.3 is 0 Å². The number of para-hydroxylation sites is 1. The molecule has 3 nitrogen and oxygen atoms in total. The van der Waals surface area contributed by atoms with Crippen molar-refractivity contribution in [3.63, 3.8) is 0 Å². The van der Waals surface area contributed by atoms with Gasteiger partial charge in [0.25, 0.3) is 0 Å². The lowest BCUT2D eigenvalue weighted by atomic mass is 10.1. The maximum absolute atomic E-state index is 6.25. The van der Waals surface area contributed by atoms with Crippen molar-refractivity contribution in [1.82, 2.24) is 15.1 Å². The highest BCUT2D eigenvalue weighted by atomic mass is 35.5. The molecule has 0 saturated heterocycles. The molecule has 0 spiro atoms. The zero-order valence-electron chi connectivity index (χ0n) is 11.7. The molecule has 102 valence electrons. The third-order valence-electron chi connectivity index (χ3n) is 3.32. The Labute approximate surface area is 119 Å². The van der Waals surface area contributed by atoms with Gasteiger partial charge in [0.05, 0.1) is 16.4 Å². The highest BCUT2D eigenvalue weighted by molar-refractivity contribution is 6.32. The summed E-state index contributed by atoms with van der Waals surface area (Å²) in [5.74, 6) is 0. The van der Waals surface area contributed by atoms with E-state index in [1.165, 1.54) is 11.3 Å². The molecule has 0 atom stereocenters. The fourth-order valence-corrected chi connectivity index (χ4v) is 2.50. The lowest BCUT2D eigenvalue weighted by molar-refractivity contribution is 0.713. The van der Waals surface area contributed by atoms with Gasteiger partial charge < -0.3 is 5.32 Å². The van der Waals surface area contributed by atoms with Gasteiger partial charge in [-0.15, -0.1) is 0 Å². The molecular formula is C15H20ClN3. The lowest BCUT2D eigenvalue weighted by Gasteiger charge is -2.07. The van der Waals surface area contributed by atoms with Gasteiger partial charge in [0.1, 0.15) is 0 Å². The third-order valence-corrected chi connectivity index (χ3v) is 3.64. The fourth-order valence-electron chi connectivity index (χ4n) is 2.29. The van der Waals surface area contributed by atoms with Crippen LogP contribution >= 0.6 is 11.6 Å². The molecule has 0 aliphatic heterocycles. The minimum Gasteiger partial charge on any atom is -0.317 e. The first-order valence-corrected chi connectivity index (χ1v) is 7.03. The van der Waals surface area contributed by atoms with E-state index >= 15 is 0 Å². The number of likely N-dealkylation sites (N-methyl/N-ethyl adjacent to an activating group) is 1. The molecule has 2 aromatic rings. The lowest BCUT2D eigenvalue weighted by Crippen LogP contribution is -2.16. The van der Waals surface area contributed by atoms with Crippen molar-refractivity contribution in [2.24, 2.45) is 0 Å². The molecule has 19 heavy (non-hydrogen) atoms. The zero-order chi connectivity index (χ0) is 13.8. The number of aromatic nitrogens is 2. The van der Waals surface area contributed by atoms with Crippen molar-refractivity contribution in [2.75, 3.05) is 13.1 Å². The maximum Gasteiger partial charge on any atom is 0.0835 e. The minimum absolute atomic E-state index is 0.728. The predicted molar refractivity (Wildman–Crippen MR) is 80.3 cm³/mol. The second kappa shape index (κ2) is 6.22. The van der Waals surface area contributed by atoms with Crippen LogP contribution in [-0.4, -0.2) is 22.9 Å². The minimum atomic E-state index is 0.728. The van der Waals surface area contributed by atoms with Crippen LogP contribution in [0.4, 0.5) is 0 Å². The summed E-state index contributed by atoms with van der Waals surface area (Å²) in [5, 5.41) is 8.70. The van der Waals surface area contributed by atoms with Gasteiger partial charge in [-0.1, -0.05) is 30.7 Å². The molecule has 0 radical (unpaired) electrons. The van der Waals surface area contributed by atoms with E-state index in [0.29, 0.717) is 0 Å². The summed E-state index contributed by atoms with van der Waals surface area (Å²) in [4.78, 5) is 0. The number of hydrogen-bond acceptors (Lipinski definition) is 2. The van der Waals surface area contributed by atoms with E-state index in [1.54, 1.807) is 0 Å². The first-order valence-electron chi connectivity index (χ1n) is 6.65. The Hall–Kier alpha value is -1.32. The molecule has 0 amide bonds. The van der Waals surface area contributed by atoms with Crippen molar-refractivity contribution in [3.05, 3.63) is 46.2 Å². The van der Waals surface area contributed by atoms with Crippen LogP contribution in [0.3, 0.4) is 0 Å². The van der Waals surface area contributed by atoms with Crippen LogP contribution < -0.4 is 5.32 Å². The van der Waals surface area contributed by atoms with E-state index in [0.717, 1.165) is 35.9 Å². The van der Waals surface area contributed by atoms with E-state index in [-0.39, 0.29) is 0 Å². The van der Waals surface area contributed by atoms with Crippen molar-refractivity contribution in [1.29, 1.82) is 0 Å². The van der Waals surface area contributed by atoms with Crippen LogP contribution in [0.5, 0.6) is 0 Å². The molecule has 0 saturated carbocycles. The molecule has 1 heterocycles. The average molecular weight is 278 g/mol. The number of nitrogens with one attached hydrogen (secondary N) is 1. The van der Waals surface area contributed by atoms with Crippen LogP contribution in [0.1, 0.15) is 23.9 Å². The highest BCUT2D eigenvalue weighted by Gasteiger charge is 2.13. The Morgan fingerprint density at radius 3 is 2.68 bits per heavy atom. The number of nitrogens with zero attached hydrogens (tertiary/aromatic N) is 2. The summed E-state index contributed by atoms with van der Waals surface area (Å²) in [6, 6.07) is 7.81. The quantitative estimate of drug-likeness (QED) is 0.850. The van der Waals surface area contributed by atoms with Crippen molar-refractivity contribution in [2.45, 2.75) is 27.2 Å². The Balaban J connectivity index is 2.33. The summed E-state index contributed by atoms with van der Waals surface area (Å²) in [5.41, 5.74) is 4.50. The molecule has 0 aliphatic carbocycles. The summed E-state index contributed by atoms with van der Waals surface area (Å²) >= 11 is 6.25. The number of rotatable bonds is 5. The van der Waals surface area contributed by atoms with E-state index in [9.17, 15) is 0 Å². The van der Waals surface area contributed by atoms with Crippen LogP contribution in [0.25, 0.3) is 5.69 Å². The molecule has 0 unspecified atom stereocenters. The number of benzene rings is 1. The van der Waals surface area contributed by atoms with Gasteiger partial charge in [-0.2, -0.15) is 5.10 Å². The normalized spacial score (nSPS) is 10.9. The van der Waals surface area contributed by atoms with Crippen LogP contribution in [0.15, 0.2) is 24.3 Å². The predicted octanol–water partition coefficient (Wildman–Crippen LogP) is 3.29. The first-order chi connectivity index (χ1) is 9.15. The summed E-state index contributed by atoms with van der Waals surface area (Å²) in [6.07, 6.45) is 0.996. The van der Waals surface area contributed by atoms with E-state index in [2.05, 4.69) is 31.2 Å². The topological polar surface area (TPSA) is 29.9 Å². The molecule has 2 rings (SSSR count). The Bertz CT molecular complexity index is 561. The molecule has 0 bridgehead atoms. The molecule has 1 aromatic carbocycles. The summed E-state index contributed by atoms with van der Waals surface area (Å²) < 4.78 is 1.94. The second-order valence-electron chi connectivity index (χ2n) is 4.62. The van der Waals surface area contributed by atoms with Crippen LogP contribution in [-0.2, 0) is 6.42 Å². The second-order valence-corrected chi connectivity index (χ2v) is 5.02. The summed E-state index contributed by atoms with van der Waals surface area (Å²) in [7, 11) is 0. The maximum atomic E-state index is 6.25. The van der Waals surface area contributed by atoms with Gasteiger partial charge in [0, 0.05) is 5.69 Å². The Morgan fingerprint density at radius 2 is 2.00 bits per heavy atom. The van der Waals surface area contributed by atoms with Gasteiger partial charge in [0.15, 0.2) is 0 Å². The largest absolute Gasteiger partial charge is 0.317 e. The molecule has 0 aliphatic rings. The molecule has 1 N–H and O–H groups in total. The Kier molecular flexibility index (Phi) is 4.61. The number of hydrogen-bond donors (Lipinski definition) is 1. The monoisotopic (exact) mass is 277 g/mol. The van der Waals surface area contributed by atoms with Gasteiger partial charge in [-0.3, -0.25) is 0 Å². The van der Waals surface area contributed by atoms with Gasteiger partial charge in [-0.25, -0.2) is 4.68 Å². The van der Waals surface area contributed by atoms with Crippen LogP contribution in [0.2, 0.25) is 5.02 Å². The average Bonchev–Trinajstić information content (AvgIpc) is 2.67. The Morgan fingerprint density at radius 1 is 1.26 bits per heavy atom. The fraction of sp³-hybridized carbons (Fsp3) is 0.400. The third kappa shape index (κ3) is 2.99. The first kappa shape index (κ1) is 14.1. The smallest absolute Gasteiger partial charge is 0.0835 e. The van der Waals surface area contributed by atoms with E-state index in [4.69, 9.17) is 11.6 Å². The molecular weight excluding hydrogens is 258 g/mol. The number of aryl methyl sites for hydroxylation is 1. The highest BCUT2D eigenvalue weighted by Crippen LogP contribution is 2.23. The number of halogens is 1. The summed E-state index contributed by atoms with van der Waals surface area (Å²) in [6.45, 7) is 8.25. The van der Waals surface area contributed by atoms with Crippen molar-refractivity contribution >= 4 is 11.6 Å². The molecule has 1 aromatic heterocycles. The van der Waals surface area contributed by atoms with Gasteiger partial charge in [-0.05, 0) is 51.1 Å². The SMILES string of the molecule is CCNCCc1c(C)nn(-c2ccccc2Cl)c1C. The van der Waals surface area contributed by atoms with Gasteiger partial charge in [0.2, 0.25) is 0 Å². The molecule has 4 heteroatoms. The van der Waals surface area contributed by atoms with Crippen molar-refractivity contribution in [3.8, 4) is 5.69 Å². The van der Waals surface area contributed by atoms with Crippen molar-refractivity contribution < 1.29 is 0 Å². The van der Waals surface area contributed by atoms with Crippen LogP contribution in [0, 0.1) is 13.8 Å².